The van der Waals surface area contributed by atoms with Crippen LogP contribution in [-0.2, 0) is 14.6 Å². The van der Waals surface area contributed by atoms with Crippen LogP contribution < -0.4 is 0 Å². The number of carbonyl (C=O) groups is 1. The first-order chi connectivity index (χ1) is 6.92. The summed E-state index contributed by atoms with van der Waals surface area (Å²) in [5.74, 6) is 0.111. The molecule has 1 rings (SSSR count). The fourth-order valence-electron chi connectivity index (χ4n) is 0.887. The summed E-state index contributed by atoms with van der Waals surface area (Å²) in [4.78, 5) is 10.1. The van der Waals surface area contributed by atoms with Crippen LogP contribution in [0.3, 0.4) is 0 Å². The Morgan fingerprint density at radius 1 is 1.27 bits per heavy atom. The normalized spacial score (nSPS) is 10.2. The van der Waals surface area contributed by atoms with Gasteiger partial charge in [0.15, 0.2) is 0 Å². The van der Waals surface area contributed by atoms with Crippen molar-refractivity contribution in [2.24, 2.45) is 0 Å². The van der Waals surface area contributed by atoms with Crippen molar-refractivity contribution in [2.45, 2.75) is 11.8 Å². The highest BCUT2D eigenvalue weighted by Crippen LogP contribution is 2.10. The predicted octanol–water partition coefficient (Wildman–Crippen LogP) is 0.814. The molecule has 0 saturated heterocycles. The van der Waals surface area contributed by atoms with Crippen LogP contribution in [0.15, 0.2) is 29.2 Å². The van der Waals surface area contributed by atoms with E-state index < -0.39 is 15.8 Å². The third kappa shape index (κ3) is 3.11. The lowest BCUT2D eigenvalue weighted by atomic mass is 10.2. The zero-order valence-electron chi connectivity index (χ0n) is 7.89. The van der Waals surface area contributed by atoms with Crippen LogP contribution in [0.4, 0.5) is 0 Å². The molecule has 5 heteroatoms. The zero-order chi connectivity index (χ0) is 11.5. The van der Waals surface area contributed by atoms with E-state index in [0.29, 0.717) is 0 Å². The zero-order valence-corrected chi connectivity index (χ0v) is 8.71. The Kier molecular flexibility index (Phi) is 3.12. The highest BCUT2D eigenvalue weighted by atomic mass is 32.2. The molecule has 0 atom stereocenters. The molecule has 1 aromatic carbocycles. The van der Waals surface area contributed by atoms with Crippen molar-refractivity contribution < 1.29 is 18.3 Å². The Morgan fingerprint density at radius 3 is 2.27 bits per heavy atom. The molecule has 0 unspecified atom stereocenters. The Hall–Kier alpha value is -1.80. The maximum Gasteiger partial charge on any atom is 0.382 e. The third-order valence-corrected chi connectivity index (χ3v) is 2.89. The summed E-state index contributed by atoms with van der Waals surface area (Å²) in [5.41, 5.74) is 0.917. The monoisotopic (exact) mass is 224 g/mol. The Balaban J connectivity index is 3.14. The van der Waals surface area contributed by atoms with Crippen LogP contribution in [-0.4, -0.2) is 19.5 Å². The lowest BCUT2D eigenvalue weighted by molar-refractivity contribution is -0.130. The number of carboxylic acid groups (broad SMARTS) is 1. The minimum absolute atomic E-state index is 0.00171. The van der Waals surface area contributed by atoms with Crippen LogP contribution in [0.5, 0.6) is 0 Å². The molecule has 0 amide bonds. The summed E-state index contributed by atoms with van der Waals surface area (Å²) < 4.78 is 22.8. The van der Waals surface area contributed by atoms with Crippen molar-refractivity contribution in [3.05, 3.63) is 29.8 Å². The molecule has 0 spiro atoms. The molecule has 0 aliphatic carbocycles. The van der Waals surface area contributed by atoms with Gasteiger partial charge in [0.25, 0.3) is 0 Å². The highest BCUT2D eigenvalue weighted by molar-refractivity contribution is 7.96. The van der Waals surface area contributed by atoms with Gasteiger partial charge >= 0.3 is 5.97 Å². The molecule has 78 valence electrons. The SMILES string of the molecule is Cc1ccc(S(=O)(=O)C#CC(=O)O)cc1. The number of carboxylic acids is 1. The minimum atomic E-state index is -3.81. The smallest absolute Gasteiger partial charge is 0.382 e. The van der Waals surface area contributed by atoms with E-state index in [1.165, 1.54) is 12.1 Å². The van der Waals surface area contributed by atoms with Crippen LogP contribution >= 0.6 is 0 Å². The number of rotatable bonds is 1. The summed E-state index contributed by atoms with van der Waals surface area (Å²) in [5, 5.41) is 9.95. The summed E-state index contributed by atoms with van der Waals surface area (Å²) >= 11 is 0. The van der Waals surface area contributed by atoms with Gasteiger partial charge in [-0.15, -0.1) is 0 Å². The molecule has 0 heterocycles. The summed E-state index contributed by atoms with van der Waals surface area (Å²) in [6.45, 7) is 1.82. The predicted molar refractivity (Wildman–Crippen MR) is 53.8 cm³/mol. The number of aryl methyl sites for hydroxylation is 1. The second-order valence-electron chi connectivity index (χ2n) is 2.85. The average molecular weight is 224 g/mol. The van der Waals surface area contributed by atoms with E-state index in [2.05, 4.69) is 0 Å². The van der Waals surface area contributed by atoms with E-state index in [1.807, 2.05) is 6.92 Å². The van der Waals surface area contributed by atoms with Crippen molar-refractivity contribution >= 4 is 15.8 Å². The molecule has 1 N–H and O–H groups in total. The second-order valence-corrected chi connectivity index (χ2v) is 4.53. The first kappa shape index (κ1) is 11.3. The lowest BCUT2D eigenvalue weighted by Crippen LogP contribution is -1.98. The van der Waals surface area contributed by atoms with Gasteiger partial charge in [0.1, 0.15) is 0 Å². The molecular weight excluding hydrogens is 216 g/mol. The van der Waals surface area contributed by atoms with Crippen LogP contribution in [0.1, 0.15) is 5.56 Å². The minimum Gasteiger partial charge on any atom is -0.472 e. The average Bonchev–Trinajstić information content (AvgIpc) is 2.16. The van der Waals surface area contributed by atoms with Gasteiger partial charge in [-0.25, -0.2) is 13.2 Å². The van der Waals surface area contributed by atoms with E-state index in [1.54, 1.807) is 23.3 Å². The van der Waals surface area contributed by atoms with Crippen molar-refractivity contribution in [2.75, 3.05) is 0 Å². The molecule has 0 aromatic heterocycles. The maximum absolute atomic E-state index is 11.4. The molecule has 0 radical (unpaired) electrons. The quantitative estimate of drug-likeness (QED) is 0.566. The standard InChI is InChI=1S/C10H8O4S/c1-8-2-4-9(5-3-8)15(13,14)7-6-10(11)12/h2-5H,1H3,(H,11,12). The number of aliphatic carboxylic acids is 1. The summed E-state index contributed by atoms with van der Waals surface area (Å²) in [6, 6.07) is 6.02. The summed E-state index contributed by atoms with van der Waals surface area (Å²) in [6.07, 6.45) is 0. The van der Waals surface area contributed by atoms with Crippen molar-refractivity contribution in [1.82, 2.24) is 0 Å². The molecule has 0 bridgehead atoms. The van der Waals surface area contributed by atoms with E-state index in [0.717, 1.165) is 5.56 Å². The van der Waals surface area contributed by atoms with Gasteiger partial charge in [-0.05, 0) is 19.1 Å². The van der Waals surface area contributed by atoms with E-state index in [4.69, 9.17) is 5.11 Å². The van der Waals surface area contributed by atoms with E-state index >= 15 is 0 Å². The molecule has 15 heavy (non-hydrogen) atoms. The molecule has 0 fully saturated rings. The molecule has 4 nitrogen and oxygen atoms in total. The van der Waals surface area contributed by atoms with Crippen molar-refractivity contribution in [3.8, 4) is 11.2 Å². The van der Waals surface area contributed by atoms with Gasteiger partial charge in [-0.2, -0.15) is 0 Å². The number of sulfone groups is 1. The molecule has 0 aliphatic rings. The molecule has 1 aromatic rings. The van der Waals surface area contributed by atoms with Crippen LogP contribution in [0.25, 0.3) is 0 Å². The third-order valence-electron chi connectivity index (χ3n) is 1.62. The van der Waals surface area contributed by atoms with E-state index in [-0.39, 0.29) is 4.90 Å². The first-order valence-electron chi connectivity index (χ1n) is 3.99. The lowest BCUT2D eigenvalue weighted by Gasteiger charge is -1.96. The van der Waals surface area contributed by atoms with Gasteiger partial charge in [-0.1, -0.05) is 17.7 Å². The second kappa shape index (κ2) is 4.15. The van der Waals surface area contributed by atoms with Gasteiger partial charge in [0.05, 0.1) is 4.90 Å². The number of hydrogen-bond donors (Lipinski definition) is 1. The molecular formula is C10H8O4S. The Bertz CT molecular complexity index is 529. The summed E-state index contributed by atoms with van der Waals surface area (Å²) in [7, 11) is -3.81. The number of benzene rings is 1. The van der Waals surface area contributed by atoms with Gasteiger partial charge in [-0.3, -0.25) is 0 Å². The fraction of sp³-hybridized carbons (Fsp3) is 0.100. The number of hydrogen-bond acceptors (Lipinski definition) is 3. The first-order valence-corrected chi connectivity index (χ1v) is 5.47. The van der Waals surface area contributed by atoms with Crippen LogP contribution in [0, 0.1) is 18.1 Å². The van der Waals surface area contributed by atoms with Crippen LogP contribution in [0.2, 0.25) is 0 Å². The van der Waals surface area contributed by atoms with E-state index in [9.17, 15) is 13.2 Å². The highest BCUT2D eigenvalue weighted by Gasteiger charge is 2.10. The van der Waals surface area contributed by atoms with Crippen molar-refractivity contribution in [3.63, 3.8) is 0 Å². The van der Waals surface area contributed by atoms with Gasteiger partial charge in [0, 0.05) is 11.2 Å². The maximum atomic E-state index is 11.4. The van der Waals surface area contributed by atoms with Crippen molar-refractivity contribution in [1.29, 1.82) is 0 Å². The largest absolute Gasteiger partial charge is 0.472 e. The Labute approximate surface area is 87.5 Å². The Morgan fingerprint density at radius 2 is 1.80 bits per heavy atom. The fourth-order valence-corrected chi connectivity index (χ4v) is 1.72. The van der Waals surface area contributed by atoms with Gasteiger partial charge < -0.3 is 5.11 Å². The topological polar surface area (TPSA) is 71.4 Å². The molecule has 0 aliphatic heterocycles. The molecule has 0 saturated carbocycles. The van der Waals surface area contributed by atoms with Gasteiger partial charge in [0.2, 0.25) is 9.84 Å².